The molecule has 0 radical (unpaired) electrons. The van der Waals surface area contributed by atoms with Gasteiger partial charge in [-0.2, -0.15) is 0 Å². The van der Waals surface area contributed by atoms with E-state index in [1.54, 1.807) is 4.90 Å². The minimum atomic E-state index is -0.414. The van der Waals surface area contributed by atoms with Gasteiger partial charge >= 0.3 is 6.03 Å². The minimum absolute atomic E-state index is 0.0231. The SMILES string of the molecule is CC[C@H](O)c1ccc(OCCN2CCNC2=O)cc1. The lowest BCUT2D eigenvalue weighted by atomic mass is 10.1. The molecule has 104 valence electrons. The van der Waals surface area contributed by atoms with Crippen LogP contribution in [0.15, 0.2) is 24.3 Å². The number of carbonyl (C=O) groups is 1. The van der Waals surface area contributed by atoms with Gasteiger partial charge in [-0.3, -0.25) is 0 Å². The van der Waals surface area contributed by atoms with Crippen molar-refractivity contribution in [3.63, 3.8) is 0 Å². The lowest BCUT2D eigenvalue weighted by Crippen LogP contribution is -2.31. The molecule has 0 unspecified atom stereocenters. The Morgan fingerprint density at radius 1 is 1.42 bits per heavy atom. The van der Waals surface area contributed by atoms with Gasteiger partial charge < -0.3 is 20.1 Å². The molecule has 1 aliphatic heterocycles. The first-order valence-corrected chi connectivity index (χ1v) is 6.64. The highest BCUT2D eigenvalue weighted by molar-refractivity contribution is 5.76. The van der Waals surface area contributed by atoms with E-state index in [0.29, 0.717) is 26.1 Å². The lowest BCUT2D eigenvalue weighted by Gasteiger charge is -2.15. The van der Waals surface area contributed by atoms with E-state index in [9.17, 15) is 9.90 Å². The van der Waals surface area contributed by atoms with E-state index < -0.39 is 6.10 Å². The zero-order valence-corrected chi connectivity index (χ0v) is 11.1. The van der Waals surface area contributed by atoms with Crippen molar-refractivity contribution in [1.82, 2.24) is 10.2 Å². The van der Waals surface area contributed by atoms with Crippen molar-refractivity contribution in [3.05, 3.63) is 29.8 Å². The van der Waals surface area contributed by atoms with Crippen molar-refractivity contribution in [1.29, 1.82) is 0 Å². The minimum Gasteiger partial charge on any atom is -0.492 e. The van der Waals surface area contributed by atoms with Gasteiger partial charge in [-0.25, -0.2) is 4.79 Å². The van der Waals surface area contributed by atoms with Crippen LogP contribution >= 0.6 is 0 Å². The van der Waals surface area contributed by atoms with Crippen LogP contribution in [-0.2, 0) is 0 Å². The molecular weight excluding hydrogens is 244 g/mol. The molecule has 0 bridgehead atoms. The van der Waals surface area contributed by atoms with Crippen molar-refractivity contribution < 1.29 is 14.6 Å². The van der Waals surface area contributed by atoms with E-state index in [-0.39, 0.29) is 6.03 Å². The molecule has 2 rings (SSSR count). The molecule has 0 spiro atoms. The Kier molecular flexibility index (Phi) is 4.63. The fraction of sp³-hybridized carbons (Fsp3) is 0.500. The van der Waals surface area contributed by atoms with Gasteiger partial charge in [-0.05, 0) is 24.1 Å². The van der Waals surface area contributed by atoms with Gasteiger partial charge in [0.25, 0.3) is 0 Å². The normalized spacial score (nSPS) is 16.3. The third-order valence-electron chi connectivity index (χ3n) is 3.23. The smallest absolute Gasteiger partial charge is 0.317 e. The second-order valence-electron chi connectivity index (χ2n) is 4.56. The summed E-state index contributed by atoms with van der Waals surface area (Å²) in [5.41, 5.74) is 0.897. The van der Waals surface area contributed by atoms with E-state index in [1.807, 2.05) is 31.2 Å². The summed E-state index contributed by atoms with van der Waals surface area (Å²) < 4.78 is 5.58. The highest BCUT2D eigenvalue weighted by Gasteiger charge is 2.18. The average Bonchev–Trinajstić information content (AvgIpc) is 2.84. The molecule has 1 aliphatic rings. The fourth-order valence-corrected chi connectivity index (χ4v) is 2.02. The number of amides is 2. The number of aliphatic hydroxyl groups is 1. The molecule has 2 amide bonds. The third kappa shape index (κ3) is 3.61. The highest BCUT2D eigenvalue weighted by Crippen LogP contribution is 2.19. The number of ether oxygens (including phenoxy) is 1. The monoisotopic (exact) mass is 264 g/mol. The number of aliphatic hydroxyl groups excluding tert-OH is 1. The Morgan fingerprint density at radius 3 is 2.74 bits per heavy atom. The molecule has 5 nitrogen and oxygen atoms in total. The molecular formula is C14H20N2O3. The Hall–Kier alpha value is -1.75. The van der Waals surface area contributed by atoms with Gasteiger partial charge in [0.2, 0.25) is 0 Å². The van der Waals surface area contributed by atoms with E-state index in [0.717, 1.165) is 17.9 Å². The van der Waals surface area contributed by atoms with Crippen LogP contribution in [0.4, 0.5) is 4.79 Å². The molecule has 1 aromatic carbocycles. The van der Waals surface area contributed by atoms with Crippen LogP contribution in [0, 0.1) is 0 Å². The maximum absolute atomic E-state index is 11.3. The molecule has 5 heteroatoms. The second kappa shape index (κ2) is 6.43. The summed E-state index contributed by atoms with van der Waals surface area (Å²) in [7, 11) is 0. The van der Waals surface area contributed by atoms with Crippen molar-refractivity contribution >= 4 is 6.03 Å². The Labute approximate surface area is 113 Å². The van der Waals surface area contributed by atoms with Gasteiger partial charge in [-0.1, -0.05) is 19.1 Å². The molecule has 1 atom stereocenters. The predicted octanol–water partition coefficient (Wildman–Crippen LogP) is 1.53. The molecule has 0 saturated carbocycles. The number of carbonyl (C=O) groups excluding carboxylic acids is 1. The topological polar surface area (TPSA) is 61.8 Å². The quantitative estimate of drug-likeness (QED) is 0.819. The van der Waals surface area contributed by atoms with Crippen LogP contribution in [0.3, 0.4) is 0 Å². The summed E-state index contributed by atoms with van der Waals surface area (Å²) in [6, 6.07) is 7.40. The number of rotatable bonds is 6. The van der Waals surface area contributed by atoms with Crippen LogP contribution in [0.2, 0.25) is 0 Å². The second-order valence-corrected chi connectivity index (χ2v) is 4.56. The fourth-order valence-electron chi connectivity index (χ4n) is 2.02. The lowest BCUT2D eigenvalue weighted by molar-refractivity contribution is 0.173. The zero-order valence-electron chi connectivity index (χ0n) is 11.1. The van der Waals surface area contributed by atoms with E-state index >= 15 is 0 Å². The van der Waals surface area contributed by atoms with Gasteiger partial charge in [0.05, 0.1) is 12.6 Å². The standard InChI is InChI=1S/C14H20N2O3/c1-2-13(17)11-3-5-12(6-4-11)19-10-9-16-8-7-15-14(16)18/h3-6,13,17H,2,7-10H2,1H3,(H,15,18)/t13-/m0/s1. The van der Waals surface area contributed by atoms with Crippen LogP contribution < -0.4 is 10.1 Å². The summed E-state index contributed by atoms with van der Waals surface area (Å²) in [5, 5.41) is 12.4. The maximum Gasteiger partial charge on any atom is 0.317 e. The van der Waals surface area contributed by atoms with Crippen molar-refractivity contribution in [2.24, 2.45) is 0 Å². The molecule has 1 heterocycles. The molecule has 1 fully saturated rings. The molecule has 1 saturated heterocycles. The van der Waals surface area contributed by atoms with Gasteiger partial charge in [0.1, 0.15) is 12.4 Å². The van der Waals surface area contributed by atoms with E-state index in [1.165, 1.54) is 0 Å². The summed E-state index contributed by atoms with van der Waals surface area (Å²) in [6.07, 6.45) is 0.284. The van der Waals surface area contributed by atoms with Crippen LogP contribution in [0.1, 0.15) is 25.0 Å². The Bertz CT molecular complexity index is 419. The van der Waals surface area contributed by atoms with Crippen molar-refractivity contribution in [2.75, 3.05) is 26.2 Å². The number of nitrogens with zero attached hydrogens (tertiary/aromatic N) is 1. The first-order valence-electron chi connectivity index (χ1n) is 6.64. The summed E-state index contributed by atoms with van der Waals surface area (Å²) in [6.45, 7) is 4.46. The number of hydrogen-bond donors (Lipinski definition) is 2. The molecule has 2 N–H and O–H groups in total. The van der Waals surface area contributed by atoms with Crippen molar-refractivity contribution in [3.8, 4) is 5.75 Å². The summed E-state index contributed by atoms with van der Waals surface area (Å²) in [4.78, 5) is 13.0. The third-order valence-corrected chi connectivity index (χ3v) is 3.23. The van der Waals surface area contributed by atoms with Crippen LogP contribution in [0.5, 0.6) is 5.75 Å². The molecule has 0 aromatic heterocycles. The molecule has 19 heavy (non-hydrogen) atoms. The number of urea groups is 1. The first-order chi connectivity index (χ1) is 9.20. The van der Waals surface area contributed by atoms with E-state index in [2.05, 4.69) is 5.32 Å². The summed E-state index contributed by atoms with van der Waals surface area (Å²) >= 11 is 0. The first kappa shape index (κ1) is 13.7. The number of nitrogens with one attached hydrogen (secondary N) is 1. The van der Waals surface area contributed by atoms with Crippen molar-refractivity contribution in [2.45, 2.75) is 19.4 Å². The predicted molar refractivity (Wildman–Crippen MR) is 72.2 cm³/mol. The Balaban J connectivity index is 1.78. The number of benzene rings is 1. The highest BCUT2D eigenvalue weighted by atomic mass is 16.5. The Morgan fingerprint density at radius 2 is 2.16 bits per heavy atom. The van der Waals surface area contributed by atoms with Gasteiger partial charge in [0, 0.05) is 13.1 Å². The van der Waals surface area contributed by atoms with E-state index in [4.69, 9.17) is 4.74 Å². The molecule has 1 aromatic rings. The molecule has 0 aliphatic carbocycles. The largest absolute Gasteiger partial charge is 0.492 e. The van der Waals surface area contributed by atoms with Gasteiger partial charge in [0.15, 0.2) is 0 Å². The average molecular weight is 264 g/mol. The number of hydrogen-bond acceptors (Lipinski definition) is 3. The van der Waals surface area contributed by atoms with Crippen LogP contribution in [0.25, 0.3) is 0 Å². The summed E-state index contributed by atoms with van der Waals surface area (Å²) in [5.74, 6) is 0.756. The van der Waals surface area contributed by atoms with Crippen LogP contribution in [-0.4, -0.2) is 42.3 Å². The zero-order chi connectivity index (χ0) is 13.7. The van der Waals surface area contributed by atoms with Gasteiger partial charge in [-0.15, -0.1) is 0 Å². The maximum atomic E-state index is 11.3.